The van der Waals surface area contributed by atoms with Gasteiger partial charge in [-0.15, -0.1) is 0 Å². The highest BCUT2D eigenvalue weighted by Gasteiger charge is 2.33. The van der Waals surface area contributed by atoms with E-state index in [1.165, 1.54) is 11.7 Å². The standard InChI is InChI=1S/C27H41N5O6/c1-18(2)31-23(16-24(34)32(19(3)4)26(31)36)30-14-12-29(13-15-30)17-22(33)27(5,6)38-21-10-8-20(9-11-21)28-25(35)37-7/h8-11,16,18-19,22,33H,12-15,17H2,1-7H3,(H,28,35). The zero-order chi connectivity index (χ0) is 28.2. The van der Waals surface area contributed by atoms with Crippen molar-refractivity contribution in [3.05, 3.63) is 51.2 Å². The molecular weight excluding hydrogens is 490 g/mol. The molecule has 38 heavy (non-hydrogen) atoms. The number of rotatable bonds is 9. The summed E-state index contributed by atoms with van der Waals surface area (Å²) in [7, 11) is 1.30. The molecule has 1 amide bonds. The Hall–Kier alpha value is -3.31. The minimum absolute atomic E-state index is 0.0915. The number of carbonyl (C=O) groups excluding carboxylic acids is 1. The van der Waals surface area contributed by atoms with Crippen molar-refractivity contribution >= 4 is 17.6 Å². The number of carbonyl (C=O) groups is 1. The lowest BCUT2D eigenvalue weighted by atomic mass is 10.0. The van der Waals surface area contributed by atoms with Gasteiger partial charge in [-0.3, -0.25) is 24.1 Å². The Morgan fingerprint density at radius 2 is 1.58 bits per heavy atom. The van der Waals surface area contributed by atoms with Crippen LogP contribution < -0.4 is 26.2 Å². The van der Waals surface area contributed by atoms with Crippen LogP contribution in [0, 0.1) is 0 Å². The first-order chi connectivity index (χ1) is 17.8. The number of benzene rings is 1. The normalized spacial score (nSPS) is 15.6. The molecule has 11 heteroatoms. The maximum atomic E-state index is 13.1. The van der Waals surface area contributed by atoms with Gasteiger partial charge >= 0.3 is 11.8 Å². The van der Waals surface area contributed by atoms with Crippen LogP contribution in [-0.4, -0.2) is 76.8 Å². The predicted octanol–water partition coefficient (Wildman–Crippen LogP) is 2.69. The van der Waals surface area contributed by atoms with Gasteiger partial charge in [0, 0.05) is 56.6 Å². The number of piperazine rings is 1. The van der Waals surface area contributed by atoms with E-state index in [-0.39, 0.29) is 23.3 Å². The molecule has 0 saturated carbocycles. The van der Waals surface area contributed by atoms with Crippen LogP contribution >= 0.6 is 0 Å². The van der Waals surface area contributed by atoms with Crippen LogP contribution in [0.4, 0.5) is 16.3 Å². The Morgan fingerprint density at radius 3 is 2.11 bits per heavy atom. The monoisotopic (exact) mass is 531 g/mol. The highest BCUT2D eigenvalue weighted by Crippen LogP contribution is 2.25. The topological polar surface area (TPSA) is 118 Å². The zero-order valence-electron chi connectivity index (χ0n) is 23.4. The van der Waals surface area contributed by atoms with Crippen molar-refractivity contribution in [3.63, 3.8) is 0 Å². The third-order valence-electron chi connectivity index (χ3n) is 6.78. The predicted molar refractivity (Wildman–Crippen MR) is 148 cm³/mol. The molecule has 1 aliphatic rings. The molecule has 2 aromatic rings. The highest BCUT2D eigenvalue weighted by atomic mass is 16.5. The summed E-state index contributed by atoms with van der Waals surface area (Å²) >= 11 is 0. The molecule has 11 nitrogen and oxygen atoms in total. The van der Waals surface area contributed by atoms with E-state index in [0.29, 0.717) is 50.0 Å². The van der Waals surface area contributed by atoms with Crippen molar-refractivity contribution < 1.29 is 19.4 Å². The molecular formula is C27H41N5O6. The number of ether oxygens (including phenoxy) is 2. The molecule has 1 aromatic heterocycles. The van der Waals surface area contributed by atoms with Gasteiger partial charge in [0.1, 0.15) is 23.3 Å². The molecule has 0 aliphatic carbocycles. The van der Waals surface area contributed by atoms with Crippen molar-refractivity contribution in [1.29, 1.82) is 0 Å². The van der Waals surface area contributed by atoms with Gasteiger partial charge in [-0.25, -0.2) is 9.59 Å². The summed E-state index contributed by atoms with van der Waals surface area (Å²) in [4.78, 5) is 41.4. The maximum Gasteiger partial charge on any atom is 0.411 e. The molecule has 1 atom stereocenters. The van der Waals surface area contributed by atoms with Gasteiger partial charge in [-0.2, -0.15) is 0 Å². The van der Waals surface area contributed by atoms with Crippen molar-refractivity contribution in [2.75, 3.05) is 50.1 Å². The van der Waals surface area contributed by atoms with Gasteiger partial charge < -0.3 is 19.5 Å². The van der Waals surface area contributed by atoms with Crippen LogP contribution in [0.3, 0.4) is 0 Å². The number of nitrogens with one attached hydrogen (secondary N) is 1. The second-order valence-corrected chi connectivity index (χ2v) is 10.7. The molecule has 3 rings (SSSR count). The van der Waals surface area contributed by atoms with Crippen molar-refractivity contribution in [3.8, 4) is 5.75 Å². The molecule has 1 aromatic carbocycles. The Kier molecular flexibility index (Phi) is 9.26. The molecule has 0 spiro atoms. The number of aliphatic hydroxyl groups is 1. The number of aliphatic hydroxyl groups excluding tert-OH is 1. The van der Waals surface area contributed by atoms with Gasteiger partial charge in [0.15, 0.2) is 0 Å². The lowest BCUT2D eigenvalue weighted by Gasteiger charge is -2.40. The summed E-state index contributed by atoms with van der Waals surface area (Å²) in [6.45, 7) is 14.2. The summed E-state index contributed by atoms with van der Waals surface area (Å²) in [5.74, 6) is 1.21. The van der Waals surface area contributed by atoms with Crippen LogP contribution in [0.15, 0.2) is 39.9 Å². The van der Waals surface area contributed by atoms with E-state index < -0.39 is 17.8 Å². The van der Waals surface area contributed by atoms with Crippen molar-refractivity contribution in [2.45, 2.75) is 65.3 Å². The molecule has 1 aliphatic heterocycles. The van der Waals surface area contributed by atoms with Gasteiger partial charge in [0.25, 0.3) is 5.56 Å². The lowest BCUT2D eigenvalue weighted by Crippen LogP contribution is -2.54. The fourth-order valence-corrected chi connectivity index (χ4v) is 4.53. The van der Waals surface area contributed by atoms with Gasteiger partial charge in [-0.1, -0.05) is 0 Å². The summed E-state index contributed by atoms with van der Waals surface area (Å²) in [6.07, 6.45) is -1.33. The van der Waals surface area contributed by atoms with E-state index in [1.807, 2.05) is 41.5 Å². The molecule has 0 radical (unpaired) electrons. The second-order valence-electron chi connectivity index (χ2n) is 10.7. The molecule has 0 bridgehead atoms. The number of anilines is 2. The highest BCUT2D eigenvalue weighted by molar-refractivity contribution is 5.84. The maximum absolute atomic E-state index is 13.1. The van der Waals surface area contributed by atoms with Crippen LogP contribution in [-0.2, 0) is 4.74 Å². The summed E-state index contributed by atoms with van der Waals surface area (Å²) in [6, 6.07) is 8.10. The Bertz CT molecular complexity index is 1210. The van der Waals surface area contributed by atoms with Gasteiger partial charge in [0.2, 0.25) is 0 Å². The molecule has 1 fully saturated rings. The summed E-state index contributed by atoms with van der Waals surface area (Å²) in [5.41, 5.74) is -0.871. The Morgan fingerprint density at radius 1 is 1.00 bits per heavy atom. The van der Waals surface area contributed by atoms with Crippen LogP contribution in [0.2, 0.25) is 0 Å². The van der Waals surface area contributed by atoms with Crippen LogP contribution in [0.25, 0.3) is 0 Å². The fourth-order valence-electron chi connectivity index (χ4n) is 4.53. The fraction of sp³-hybridized carbons (Fsp3) is 0.593. The van der Waals surface area contributed by atoms with Crippen molar-refractivity contribution in [1.82, 2.24) is 14.0 Å². The van der Waals surface area contributed by atoms with Crippen LogP contribution in [0.5, 0.6) is 5.75 Å². The SMILES string of the molecule is COC(=O)Nc1ccc(OC(C)(C)C(O)CN2CCN(c3cc(=O)n(C(C)C)c(=O)n3C(C)C)CC2)cc1. The summed E-state index contributed by atoms with van der Waals surface area (Å²) < 4.78 is 13.6. The van der Waals surface area contributed by atoms with E-state index >= 15 is 0 Å². The molecule has 210 valence electrons. The van der Waals surface area contributed by atoms with E-state index in [1.54, 1.807) is 34.9 Å². The Labute approximate surface area is 223 Å². The number of aromatic nitrogens is 2. The van der Waals surface area contributed by atoms with Crippen LogP contribution in [0.1, 0.15) is 53.6 Å². The largest absolute Gasteiger partial charge is 0.485 e. The first kappa shape index (κ1) is 29.2. The number of methoxy groups -OCH3 is 1. The zero-order valence-corrected chi connectivity index (χ0v) is 23.4. The number of nitrogens with zero attached hydrogens (tertiary/aromatic N) is 4. The molecule has 1 saturated heterocycles. The van der Waals surface area contributed by atoms with Gasteiger partial charge in [-0.05, 0) is 65.8 Å². The first-order valence-electron chi connectivity index (χ1n) is 13.0. The minimum atomic E-state index is -0.867. The average molecular weight is 532 g/mol. The van der Waals surface area contributed by atoms with E-state index in [2.05, 4.69) is 19.9 Å². The lowest BCUT2D eigenvalue weighted by molar-refractivity contribution is -0.0449. The number of hydrogen-bond donors (Lipinski definition) is 2. The molecule has 1 unspecified atom stereocenters. The first-order valence-corrected chi connectivity index (χ1v) is 13.0. The minimum Gasteiger partial charge on any atom is -0.485 e. The Balaban J connectivity index is 1.63. The van der Waals surface area contributed by atoms with E-state index in [4.69, 9.17) is 4.74 Å². The third-order valence-corrected chi connectivity index (χ3v) is 6.78. The number of β-amino-alcohol motifs (C(OH)–C–C–N with tert-alkyl or cyclic N) is 1. The van der Waals surface area contributed by atoms with Gasteiger partial charge in [0.05, 0.1) is 7.11 Å². The summed E-state index contributed by atoms with van der Waals surface area (Å²) in [5, 5.41) is 13.6. The smallest absolute Gasteiger partial charge is 0.411 e. The average Bonchev–Trinajstić information content (AvgIpc) is 2.84. The molecule has 2 heterocycles. The second kappa shape index (κ2) is 12.0. The molecule has 2 N–H and O–H groups in total. The quantitative estimate of drug-likeness (QED) is 0.507. The third kappa shape index (κ3) is 6.76. The van der Waals surface area contributed by atoms with Crippen molar-refractivity contribution in [2.24, 2.45) is 0 Å². The van der Waals surface area contributed by atoms with E-state index in [9.17, 15) is 19.5 Å². The number of hydrogen-bond acceptors (Lipinski definition) is 8. The number of amides is 1. The van der Waals surface area contributed by atoms with E-state index in [0.717, 1.165) is 0 Å².